The summed E-state index contributed by atoms with van der Waals surface area (Å²) in [5, 5.41) is 14.1. The summed E-state index contributed by atoms with van der Waals surface area (Å²) in [6.45, 7) is -0.824. The number of carboxylic acid groups (broad SMARTS) is 1. The molecule has 0 saturated carbocycles. The van der Waals surface area contributed by atoms with E-state index in [0.29, 0.717) is 15.7 Å². The fourth-order valence-corrected chi connectivity index (χ4v) is 7.35. The Morgan fingerprint density at radius 1 is 1.14 bits per heavy atom. The Kier molecular flexibility index (Phi) is 5.00. The van der Waals surface area contributed by atoms with Crippen LogP contribution < -0.4 is 10.2 Å². The predicted octanol–water partition coefficient (Wildman–Crippen LogP) is 5.16. The molecule has 0 bridgehead atoms. The summed E-state index contributed by atoms with van der Waals surface area (Å²) >= 11 is 24.9. The summed E-state index contributed by atoms with van der Waals surface area (Å²) in [5.74, 6) is -6.59. The van der Waals surface area contributed by atoms with Crippen LogP contribution in [0.2, 0.25) is 20.1 Å². The normalized spacial score (nSPS) is 31.4. The Bertz CT molecular complexity index is 1400. The third-order valence-corrected chi connectivity index (χ3v) is 8.49. The molecular formula is C23H16Cl4F2N4O3. The number of benzene rings is 2. The molecule has 2 unspecified atom stereocenters. The van der Waals surface area contributed by atoms with Gasteiger partial charge in [-0.3, -0.25) is 19.5 Å². The van der Waals surface area contributed by atoms with Crippen LogP contribution in [0.15, 0.2) is 35.3 Å². The molecule has 2 spiro atoms. The number of carboxylic acids is 1. The first-order valence-corrected chi connectivity index (χ1v) is 12.3. The number of hydrogen-bond acceptors (Lipinski definition) is 5. The van der Waals surface area contributed by atoms with E-state index in [9.17, 15) is 23.5 Å². The number of nitrogens with one attached hydrogen (secondary N) is 1. The molecule has 1 amide bonds. The molecule has 6 rings (SSSR count). The van der Waals surface area contributed by atoms with Gasteiger partial charge in [-0.25, -0.2) is 8.78 Å². The van der Waals surface area contributed by atoms with Crippen molar-refractivity contribution in [2.75, 3.05) is 23.8 Å². The molecule has 2 aromatic rings. The van der Waals surface area contributed by atoms with Gasteiger partial charge in [0.1, 0.15) is 17.3 Å². The number of amidine groups is 1. The average molecular weight is 576 g/mol. The molecule has 0 aromatic heterocycles. The second-order valence-electron chi connectivity index (χ2n) is 9.45. The van der Waals surface area contributed by atoms with E-state index < -0.39 is 53.8 Å². The maximum atomic E-state index is 14.9. The molecule has 4 atom stereocenters. The van der Waals surface area contributed by atoms with Crippen molar-refractivity contribution in [2.45, 2.75) is 29.5 Å². The first-order valence-electron chi connectivity index (χ1n) is 10.8. The Balaban J connectivity index is 1.56. The number of hydrogen-bond donors (Lipinski definition) is 2. The molecule has 2 saturated heterocycles. The highest BCUT2D eigenvalue weighted by Gasteiger charge is 2.84. The van der Waals surface area contributed by atoms with Crippen LogP contribution in [0.3, 0.4) is 0 Å². The van der Waals surface area contributed by atoms with Gasteiger partial charge in [0.25, 0.3) is 11.8 Å². The van der Waals surface area contributed by atoms with Gasteiger partial charge in [-0.1, -0.05) is 46.4 Å². The molecule has 0 aliphatic carbocycles. The lowest BCUT2D eigenvalue weighted by atomic mass is 9.72. The molecule has 4 aliphatic heterocycles. The Morgan fingerprint density at radius 2 is 1.78 bits per heavy atom. The van der Waals surface area contributed by atoms with Crippen molar-refractivity contribution in [3.8, 4) is 0 Å². The molecule has 2 N–H and O–H groups in total. The number of alkyl halides is 2. The molecule has 0 radical (unpaired) electrons. The largest absolute Gasteiger partial charge is 0.481 e. The minimum absolute atomic E-state index is 0.0814. The number of aliphatic carboxylic acids is 1. The van der Waals surface area contributed by atoms with Crippen LogP contribution in [0.1, 0.15) is 12.0 Å². The molecule has 2 fully saturated rings. The molecule has 188 valence electrons. The number of carbonyl (C=O) groups is 2. The number of anilines is 2. The van der Waals surface area contributed by atoms with Gasteiger partial charge in [-0.05, 0) is 30.3 Å². The van der Waals surface area contributed by atoms with Gasteiger partial charge in [0.2, 0.25) is 0 Å². The van der Waals surface area contributed by atoms with Gasteiger partial charge in [-0.2, -0.15) is 0 Å². The summed E-state index contributed by atoms with van der Waals surface area (Å²) < 4.78 is 29.9. The highest BCUT2D eigenvalue weighted by atomic mass is 35.5. The van der Waals surface area contributed by atoms with Crippen LogP contribution in [-0.2, 0) is 15.1 Å². The number of likely N-dealkylation sites (N-methyl/N-ethyl adjacent to an activating group) is 1. The molecule has 2 aromatic carbocycles. The van der Waals surface area contributed by atoms with Gasteiger partial charge < -0.3 is 15.3 Å². The van der Waals surface area contributed by atoms with Gasteiger partial charge in [0.15, 0.2) is 5.54 Å². The van der Waals surface area contributed by atoms with E-state index in [2.05, 4.69) is 10.3 Å². The first-order chi connectivity index (χ1) is 16.8. The summed E-state index contributed by atoms with van der Waals surface area (Å²) in [5.41, 5.74) is -2.82. The topological polar surface area (TPSA) is 85.2 Å². The Hall–Kier alpha value is -2.17. The lowest BCUT2D eigenvalue weighted by molar-refractivity contribution is -0.151. The number of fused-ring (bicyclic) bond motifs is 5. The smallest absolute Gasteiger partial charge is 0.312 e. The number of halogens is 6. The molecule has 4 heterocycles. The number of amides is 1. The van der Waals surface area contributed by atoms with Crippen molar-refractivity contribution in [1.82, 2.24) is 4.90 Å². The fourth-order valence-electron chi connectivity index (χ4n) is 6.29. The highest BCUT2D eigenvalue weighted by Crippen LogP contribution is 2.66. The standard InChI is InChI=1S/C23H16Cl4F2N4O3/c1-32(12-3-9(24)2-10(25)4-12)19-22(31-19)15-7-21(28,29)8-33(15)23(17(22)18(34)35)13-5-11(26)6-14(27)16(13)30-20(23)36/h2-6,15,17H,7-8H2,1H3,(H,30,36)(H,34,35)/t15?,17-,22?,23-/m0/s1. The maximum Gasteiger partial charge on any atom is 0.312 e. The highest BCUT2D eigenvalue weighted by molar-refractivity contribution is 6.38. The van der Waals surface area contributed by atoms with E-state index in [0.717, 1.165) is 0 Å². The van der Waals surface area contributed by atoms with E-state index >= 15 is 0 Å². The monoisotopic (exact) mass is 574 g/mol. The van der Waals surface area contributed by atoms with Gasteiger partial charge >= 0.3 is 5.97 Å². The van der Waals surface area contributed by atoms with Crippen molar-refractivity contribution in [3.05, 3.63) is 56.0 Å². The second kappa shape index (κ2) is 7.45. The maximum absolute atomic E-state index is 14.9. The second-order valence-corrected chi connectivity index (χ2v) is 11.2. The number of aliphatic imine (C=N–C) groups is 1. The molecule has 7 nitrogen and oxygen atoms in total. The van der Waals surface area contributed by atoms with Crippen molar-refractivity contribution in [3.63, 3.8) is 0 Å². The van der Waals surface area contributed by atoms with E-state index in [-0.39, 0.29) is 27.1 Å². The van der Waals surface area contributed by atoms with Crippen LogP contribution in [0.5, 0.6) is 0 Å². The molecule has 4 aliphatic rings. The predicted molar refractivity (Wildman–Crippen MR) is 133 cm³/mol. The van der Waals surface area contributed by atoms with Crippen molar-refractivity contribution in [1.29, 1.82) is 0 Å². The Labute approximate surface area is 223 Å². The number of rotatable bonds is 2. The van der Waals surface area contributed by atoms with Crippen molar-refractivity contribution in [2.24, 2.45) is 10.9 Å². The van der Waals surface area contributed by atoms with Gasteiger partial charge in [0, 0.05) is 39.8 Å². The average Bonchev–Trinajstić information content (AvgIpc) is 3.21. The quantitative estimate of drug-likeness (QED) is 0.517. The van der Waals surface area contributed by atoms with Crippen LogP contribution in [0, 0.1) is 5.92 Å². The zero-order valence-corrected chi connectivity index (χ0v) is 21.4. The van der Waals surface area contributed by atoms with Crippen molar-refractivity contribution >= 4 is 75.5 Å². The van der Waals surface area contributed by atoms with E-state index in [1.54, 1.807) is 24.1 Å². The minimum Gasteiger partial charge on any atom is -0.481 e. The zero-order chi connectivity index (χ0) is 25.9. The van der Waals surface area contributed by atoms with Crippen molar-refractivity contribution < 1.29 is 23.5 Å². The summed E-state index contributed by atoms with van der Waals surface area (Å²) in [6, 6.07) is 6.46. The van der Waals surface area contributed by atoms with E-state index in [4.69, 9.17) is 46.4 Å². The minimum atomic E-state index is -3.18. The molecule has 13 heteroatoms. The first kappa shape index (κ1) is 24.2. The zero-order valence-electron chi connectivity index (χ0n) is 18.3. The lowest BCUT2D eigenvalue weighted by Crippen LogP contribution is -2.55. The summed E-state index contributed by atoms with van der Waals surface area (Å²) in [7, 11) is 1.62. The van der Waals surface area contributed by atoms with Crippen LogP contribution >= 0.6 is 46.4 Å². The van der Waals surface area contributed by atoms with Gasteiger partial charge in [-0.15, -0.1) is 0 Å². The summed E-state index contributed by atoms with van der Waals surface area (Å²) in [4.78, 5) is 34.0. The summed E-state index contributed by atoms with van der Waals surface area (Å²) in [6.07, 6.45) is -0.674. The van der Waals surface area contributed by atoms with Crippen LogP contribution in [0.4, 0.5) is 20.2 Å². The number of carbonyl (C=O) groups excluding carboxylic acids is 1. The Morgan fingerprint density at radius 3 is 2.42 bits per heavy atom. The lowest BCUT2D eigenvalue weighted by Gasteiger charge is -2.35. The van der Waals surface area contributed by atoms with E-state index in [1.807, 2.05) is 0 Å². The number of nitrogens with zero attached hydrogens (tertiary/aromatic N) is 3. The molecular weight excluding hydrogens is 560 g/mol. The fraction of sp³-hybridized carbons (Fsp3) is 0.348. The SMILES string of the molecule is CN(C1=NC12C1CC(F)(F)CN1[C@]1(C(=O)Nc3c(Cl)cc(Cl)cc31)[C@H]2C(=O)O)c1cc(Cl)cc(Cl)c1. The molecule has 36 heavy (non-hydrogen) atoms. The van der Waals surface area contributed by atoms with E-state index in [1.165, 1.54) is 23.1 Å². The third-order valence-electron chi connectivity index (χ3n) is 7.54. The van der Waals surface area contributed by atoms with Gasteiger partial charge in [0.05, 0.1) is 23.3 Å². The van der Waals surface area contributed by atoms with Crippen LogP contribution in [0.25, 0.3) is 0 Å². The van der Waals surface area contributed by atoms with Crippen LogP contribution in [-0.4, -0.2) is 58.8 Å². The third kappa shape index (κ3) is 2.98.